The quantitative estimate of drug-likeness (QED) is 0.467. The molecule has 0 heterocycles. The maximum atomic E-state index is 12.6. The summed E-state index contributed by atoms with van der Waals surface area (Å²) in [5, 5.41) is 0. The van der Waals surface area contributed by atoms with Crippen molar-refractivity contribution >= 4 is 16.1 Å². The van der Waals surface area contributed by atoms with Crippen LogP contribution in [0, 0.1) is 6.92 Å². The maximum Gasteiger partial charge on any atom is 0.339 e. The van der Waals surface area contributed by atoms with Gasteiger partial charge in [0.15, 0.2) is 0 Å². The molecule has 2 aromatic rings. The van der Waals surface area contributed by atoms with E-state index in [2.05, 4.69) is 0 Å². The van der Waals surface area contributed by atoms with Crippen LogP contribution in [0.15, 0.2) is 47.4 Å². The number of carbonyl (C=O) groups is 1. The van der Waals surface area contributed by atoms with Gasteiger partial charge in [0, 0.05) is 12.5 Å². The molecule has 25 heavy (non-hydrogen) atoms. The van der Waals surface area contributed by atoms with Crippen molar-refractivity contribution in [2.24, 2.45) is 0 Å². The highest BCUT2D eigenvalue weighted by molar-refractivity contribution is 7.87. The molecule has 0 fully saturated rings. The predicted molar refractivity (Wildman–Crippen MR) is 95.4 cm³/mol. The van der Waals surface area contributed by atoms with Gasteiger partial charge in [-0.2, -0.15) is 8.42 Å². The van der Waals surface area contributed by atoms with Crippen molar-refractivity contribution in [2.75, 3.05) is 0 Å². The van der Waals surface area contributed by atoms with Gasteiger partial charge in [0.05, 0.1) is 0 Å². The number of carbonyl (C=O) groups excluding carboxylic acids is 1. The summed E-state index contributed by atoms with van der Waals surface area (Å²) >= 11 is 0. The van der Waals surface area contributed by atoms with Crippen molar-refractivity contribution in [3.63, 3.8) is 0 Å². The van der Waals surface area contributed by atoms with E-state index in [0.29, 0.717) is 5.56 Å². The Morgan fingerprint density at radius 3 is 2.04 bits per heavy atom. The zero-order chi connectivity index (χ0) is 18.8. The van der Waals surface area contributed by atoms with Crippen LogP contribution >= 0.6 is 0 Å². The normalized spacial score (nSPS) is 11.9. The van der Waals surface area contributed by atoms with Gasteiger partial charge in [-0.3, -0.25) is 4.79 Å². The zero-order valence-corrected chi connectivity index (χ0v) is 15.8. The average Bonchev–Trinajstić information content (AvgIpc) is 2.45. The summed E-state index contributed by atoms with van der Waals surface area (Å²) in [4.78, 5) is 11.4. The van der Waals surface area contributed by atoms with Gasteiger partial charge in [-0.15, -0.1) is 0 Å². The van der Waals surface area contributed by atoms with E-state index in [4.69, 9.17) is 8.92 Å². The molecule has 0 unspecified atom stereocenters. The Kier molecular flexibility index (Phi) is 5.23. The van der Waals surface area contributed by atoms with Gasteiger partial charge in [-0.1, -0.05) is 44.5 Å². The third-order valence-electron chi connectivity index (χ3n) is 3.50. The molecule has 0 amide bonds. The number of rotatable bonds is 4. The standard InChI is InChI=1S/C19H22O5S/c1-13-9-11-15(12-10-13)25(21,22)24-17-8-6-7-16(23-14(2)20)18(17)19(3,4)5/h6-12H,1-5H3. The molecule has 2 aromatic carbocycles. The average molecular weight is 362 g/mol. The summed E-state index contributed by atoms with van der Waals surface area (Å²) < 4.78 is 35.8. The van der Waals surface area contributed by atoms with Crippen molar-refractivity contribution < 1.29 is 22.1 Å². The van der Waals surface area contributed by atoms with E-state index in [9.17, 15) is 13.2 Å². The molecule has 134 valence electrons. The third kappa shape index (κ3) is 4.60. The molecular weight excluding hydrogens is 340 g/mol. The van der Waals surface area contributed by atoms with E-state index in [1.54, 1.807) is 30.3 Å². The van der Waals surface area contributed by atoms with Crippen LogP contribution in [0.5, 0.6) is 11.5 Å². The highest BCUT2D eigenvalue weighted by Crippen LogP contribution is 2.40. The summed E-state index contributed by atoms with van der Waals surface area (Å²) in [5.74, 6) is -0.0486. The number of ether oxygens (including phenoxy) is 1. The molecule has 0 aliphatic rings. The minimum atomic E-state index is -4.00. The van der Waals surface area contributed by atoms with Crippen LogP contribution in [-0.4, -0.2) is 14.4 Å². The lowest BCUT2D eigenvalue weighted by atomic mass is 9.85. The molecule has 0 aliphatic carbocycles. The molecule has 0 aliphatic heterocycles. The van der Waals surface area contributed by atoms with Crippen molar-refractivity contribution in [2.45, 2.75) is 44.9 Å². The molecule has 6 heteroatoms. The van der Waals surface area contributed by atoms with E-state index in [1.807, 2.05) is 27.7 Å². The first-order valence-electron chi connectivity index (χ1n) is 7.84. The van der Waals surface area contributed by atoms with Crippen LogP contribution in [0.1, 0.15) is 38.8 Å². The van der Waals surface area contributed by atoms with Crippen LogP contribution in [-0.2, 0) is 20.3 Å². The van der Waals surface area contributed by atoms with E-state index in [-0.39, 0.29) is 16.4 Å². The third-order valence-corrected chi connectivity index (χ3v) is 4.75. The van der Waals surface area contributed by atoms with Crippen LogP contribution < -0.4 is 8.92 Å². The molecular formula is C19H22O5S. The monoisotopic (exact) mass is 362 g/mol. The minimum Gasteiger partial charge on any atom is -0.426 e. The summed E-state index contributed by atoms with van der Waals surface area (Å²) in [6.07, 6.45) is 0. The lowest BCUT2D eigenvalue weighted by Gasteiger charge is -2.24. The fourth-order valence-corrected chi connectivity index (χ4v) is 3.37. The first kappa shape index (κ1) is 19.0. The lowest BCUT2D eigenvalue weighted by molar-refractivity contribution is -0.131. The fraction of sp³-hybridized carbons (Fsp3) is 0.316. The second kappa shape index (κ2) is 6.88. The molecule has 0 saturated heterocycles. The van der Waals surface area contributed by atoms with Gasteiger partial charge in [0.25, 0.3) is 0 Å². The topological polar surface area (TPSA) is 69.7 Å². The largest absolute Gasteiger partial charge is 0.426 e. The van der Waals surface area contributed by atoms with E-state index < -0.39 is 21.5 Å². The van der Waals surface area contributed by atoms with E-state index in [0.717, 1.165) is 5.56 Å². The molecule has 0 aromatic heterocycles. The van der Waals surface area contributed by atoms with Crippen molar-refractivity contribution in [3.8, 4) is 11.5 Å². The van der Waals surface area contributed by atoms with Gasteiger partial charge in [0.2, 0.25) is 0 Å². The molecule has 0 N–H and O–H groups in total. The molecule has 0 saturated carbocycles. The number of hydrogen-bond donors (Lipinski definition) is 0. The van der Waals surface area contributed by atoms with Crippen molar-refractivity contribution in [3.05, 3.63) is 53.6 Å². The summed E-state index contributed by atoms with van der Waals surface area (Å²) in [5.41, 5.74) is 0.969. The minimum absolute atomic E-state index is 0.0656. The Morgan fingerprint density at radius 2 is 1.52 bits per heavy atom. The van der Waals surface area contributed by atoms with Gasteiger partial charge in [0.1, 0.15) is 16.4 Å². The van der Waals surface area contributed by atoms with Crippen molar-refractivity contribution in [1.82, 2.24) is 0 Å². The van der Waals surface area contributed by atoms with Crippen LogP contribution in [0.3, 0.4) is 0 Å². The van der Waals surface area contributed by atoms with Gasteiger partial charge in [-0.05, 0) is 36.6 Å². The highest BCUT2D eigenvalue weighted by Gasteiger charge is 2.28. The smallest absolute Gasteiger partial charge is 0.339 e. The van der Waals surface area contributed by atoms with Crippen LogP contribution in [0.2, 0.25) is 0 Å². The first-order valence-corrected chi connectivity index (χ1v) is 9.24. The SMILES string of the molecule is CC(=O)Oc1cccc(OS(=O)(=O)c2ccc(C)cc2)c1C(C)(C)C. The molecule has 0 radical (unpaired) electrons. The van der Waals surface area contributed by atoms with Gasteiger partial charge >= 0.3 is 16.1 Å². The Morgan fingerprint density at radius 1 is 0.960 bits per heavy atom. The first-order chi connectivity index (χ1) is 11.5. The van der Waals surface area contributed by atoms with E-state index in [1.165, 1.54) is 19.1 Å². The Hall–Kier alpha value is -2.34. The summed E-state index contributed by atoms with van der Waals surface area (Å²) in [6.45, 7) is 8.84. The Labute approximate surface area is 148 Å². The summed E-state index contributed by atoms with van der Waals surface area (Å²) in [7, 11) is -4.00. The lowest BCUT2D eigenvalue weighted by Crippen LogP contribution is -2.19. The predicted octanol–water partition coefficient (Wildman–Crippen LogP) is 3.99. The Bertz CT molecular complexity index is 875. The number of esters is 1. The number of hydrogen-bond acceptors (Lipinski definition) is 5. The van der Waals surface area contributed by atoms with Crippen LogP contribution in [0.25, 0.3) is 0 Å². The van der Waals surface area contributed by atoms with Crippen LogP contribution in [0.4, 0.5) is 0 Å². The summed E-state index contributed by atoms with van der Waals surface area (Å²) in [6, 6.07) is 11.2. The fourth-order valence-electron chi connectivity index (χ4n) is 2.43. The highest BCUT2D eigenvalue weighted by atomic mass is 32.2. The number of aryl methyl sites for hydroxylation is 1. The zero-order valence-electron chi connectivity index (χ0n) is 15.0. The van der Waals surface area contributed by atoms with Crippen molar-refractivity contribution in [1.29, 1.82) is 0 Å². The van der Waals surface area contributed by atoms with Gasteiger partial charge in [-0.25, -0.2) is 0 Å². The molecule has 0 spiro atoms. The number of benzene rings is 2. The van der Waals surface area contributed by atoms with E-state index >= 15 is 0 Å². The maximum absolute atomic E-state index is 12.6. The molecule has 0 atom stereocenters. The van der Waals surface area contributed by atoms with Gasteiger partial charge < -0.3 is 8.92 Å². The molecule has 0 bridgehead atoms. The second-order valence-electron chi connectivity index (χ2n) is 6.82. The second-order valence-corrected chi connectivity index (χ2v) is 8.37. The molecule has 5 nitrogen and oxygen atoms in total. The molecule has 2 rings (SSSR count). The Balaban J connectivity index is 2.52.